The van der Waals surface area contributed by atoms with Gasteiger partial charge in [-0.05, 0) is 43.7 Å². The lowest BCUT2D eigenvalue weighted by molar-refractivity contribution is -0.114. The first-order valence-electron chi connectivity index (χ1n) is 9.32. The number of nitrogens with zero attached hydrogens (tertiary/aromatic N) is 3. The highest BCUT2D eigenvalue weighted by Gasteiger charge is 2.11. The monoisotopic (exact) mass is 375 g/mol. The van der Waals surface area contributed by atoms with Gasteiger partial charge in [-0.3, -0.25) is 4.79 Å². The molecule has 0 saturated carbocycles. The van der Waals surface area contributed by atoms with E-state index in [0.717, 1.165) is 36.0 Å². The van der Waals surface area contributed by atoms with Crippen LogP contribution in [0.5, 0.6) is 0 Å². The zero-order valence-corrected chi connectivity index (χ0v) is 16.4. The highest BCUT2D eigenvalue weighted by atomic mass is 16.1. The van der Waals surface area contributed by atoms with Crippen LogP contribution in [0.2, 0.25) is 0 Å². The van der Waals surface area contributed by atoms with E-state index in [9.17, 15) is 4.79 Å². The molecule has 3 rings (SSSR count). The van der Waals surface area contributed by atoms with Crippen molar-refractivity contribution < 1.29 is 4.79 Å². The van der Waals surface area contributed by atoms with Gasteiger partial charge in [0, 0.05) is 43.1 Å². The lowest BCUT2D eigenvalue weighted by atomic mass is 10.2. The molecule has 0 bridgehead atoms. The van der Waals surface area contributed by atoms with Crippen molar-refractivity contribution in [1.29, 1.82) is 0 Å². The van der Waals surface area contributed by atoms with Gasteiger partial charge in [0.1, 0.15) is 5.82 Å². The summed E-state index contributed by atoms with van der Waals surface area (Å²) in [4.78, 5) is 22.6. The van der Waals surface area contributed by atoms with Crippen molar-refractivity contribution in [3.63, 3.8) is 0 Å². The second-order valence-electron chi connectivity index (χ2n) is 6.58. The molecule has 0 aliphatic carbocycles. The fraction of sp³-hybridized carbons (Fsp3) is 0.227. The molecule has 1 amide bonds. The number of aryl methyl sites for hydroxylation is 1. The summed E-state index contributed by atoms with van der Waals surface area (Å²) < 4.78 is 0. The van der Waals surface area contributed by atoms with Crippen LogP contribution in [0.3, 0.4) is 0 Å². The average molecular weight is 375 g/mol. The molecular weight excluding hydrogens is 350 g/mol. The van der Waals surface area contributed by atoms with Crippen LogP contribution in [0.15, 0.2) is 60.7 Å². The van der Waals surface area contributed by atoms with E-state index in [1.807, 2.05) is 55.5 Å². The van der Waals surface area contributed by atoms with Gasteiger partial charge in [0.05, 0.1) is 0 Å². The fourth-order valence-electron chi connectivity index (χ4n) is 2.87. The first kappa shape index (κ1) is 19.4. The minimum Gasteiger partial charge on any atom is -0.340 e. The van der Waals surface area contributed by atoms with Gasteiger partial charge in [0.25, 0.3) is 0 Å². The molecule has 1 heterocycles. The molecule has 28 heavy (non-hydrogen) atoms. The summed E-state index contributed by atoms with van der Waals surface area (Å²) >= 11 is 0. The third-order valence-electron chi connectivity index (χ3n) is 4.20. The fourth-order valence-corrected chi connectivity index (χ4v) is 2.87. The summed E-state index contributed by atoms with van der Waals surface area (Å²) in [5.74, 6) is 1.35. The van der Waals surface area contributed by atoms with E-state index in [-0.39, 0.29) is 5.91 Å². The number of anilines is 4. The van der Waals surface area contributed by atoms with Crippen LogP contribution in [0.1, 0.15) is 25.1 Å². The third-order valence-corrected chi connectivity index (χ3v) is 4.20. The Balaban J connectivity index is 1.77. The predicted octanol–water partition coefficient (Wildman–Crippen LogP) is 4.51. The summed E-state index contributed by atoms with van der Waals surface area (Å²) in [7, 11) is 0. The molecule has 1 aromatic heterocycles. The van der Waals surface area contributed by atoms with Crippen LogP contribution in [-0.2, 0) is 11.3 Å². The maximum Gasteiger partial charge on any atom is 0.227 e. The summed E-state index contributed by atoms with van der Waals surface area (Å²) in [6.07, 6.45) is 0. The van der Waals surface area contributed by atoms with Crippen LogP contribution in [0.25, 0.3) is 0 Å². The number of aromatic nitrogens is 2. The molecule has 0 unspecified atom stereocenters. The largest absolute Gasteiger partial charge is 0.340 e. The van der Waals surface area contributed by atoms with Gasteiger partial charge in [-0.1, -0.05) is 30.3 Å². The number of benzene rings is 2. The number of nitrogens with one attached hydrogen (secondary N) is 2. The van der Waals surface area contributed by atoms with Gasteiger partial charge >= 0.3 is 0 Å². The summed E-state index contributed by atoms with van der Waals surface area (Å²) in [6, 6.07) is 19.7. The summed E-state index contributed by atoms with van der Waals surface area (Å²) in [5, 5.41) is 6.08. The zero-order valence-electron chi connectivity index (χ0n) is 16.4. The highest BCUT2D eigenvalue weighted by molar-refractivity contribution is 5.88. The predicted molar refractivity (Wildman–Crippen MR) is 114 cm³/mol. The van der Waals surface area contributed by atoms with Gasteiger partial charge < -0.3 is 15.5 Å². The Morgan fingerprint density at radius 3 is 2.32 bits per heavy atom. The lowest BCUT2D eigenvalue weighted by Crippen LogP contribution is -2.24. The number of carbonyl (C=O) groups is 1. The Morgan fingerprint density at radius 2 is 1.68 bits per heavy atom. The molecule has 6 heteroatoms. The van der Waals surface area contributed by atoms with Gasteiger partial charge in [0.2, 0.25) is 11.9 Å². The van der Waals surface area contributed by atoms with Gasteiger partial charge in [0.15, 0.2) is 0 Å². The van der Waals surface area contributed by atoms with Gasteiger partial charge in [-0.2, -0.15) is 4.98 Å². The Labute approximate surface area is 165 Å². The molecule has 6 nitrogen and oxygen atoms in total. The quantitative estimate of drug-likeness (QED) is 0.636. The molecule has 2 N–H and O–H groups in total. The summed E-state index contributed by atoms with van der Waals surface area (Å²) in [5.41, 5.74) is 3.77. The van der Waals surface area contributed by atoms with Crippen molar-refractivity contribution in [2.75, 3.05) is 22.1 Å². The van der Waals surface area contributed by atoms with Crippen LogP contribution in [-0.4, -0.2) is 22.4 Å². The van der Waals surface area contributed by atoms with Gasteiger partial charge in [-0.25, -0.2) is 4.98 Å². The normalized spacial score (nSPS) is 10.4. The van der Waals surface area contributed by atoms with E-state index in [1.165, 1.54) is 12.5 Å². The molecule has 0 radical (unpaired) electrons. The van der Waals surface area contributed by atoms with Gasteiger partial charge in [-0.15, -0.1) is 0 Å². The maximum absolute atomic E-state index is 11.1. The molecule has 0 saturated heterocycles. The number of carbonyl (C=O) groups excluding carboxylic acids is 1. The van der Waals surface area contributed by atoms with Crippen molar-refractivity contribution in [2.45, 2.75) is 27.3 Å². The highest BCUT2D eigenvalue weighted by Crippen LogP contribution is 2.21. The van der Waals surface area contributed by atoms with E-state index < -0.39 is 0 Å². The SMILES string of the molecule is CCN(Cc1ccccc1)c1nc(C)cc(Nc2ccc(NC(C)=O)cc2)n1. The van der Waals surface area contributed by atoms with Crippen molar-refractivity contribution in [1.82, 2.24) is 9.97 Å². The molecular formula is C22H25N5O. The first-order chi connectivity index (χ1) is 13.5. The van der Waals surface area contributed by atoms with Crippen LogP contribution >= 0.6 is 0 Å². The standard InChI is InChI=1S/C22H25N5O/c1-4-27(15-18-8-6-5-7-9-18)22-23-16(2)14-21(26-22)25-20-12-10-19(11-13-20)24-17(3)28/h5-14H,4,15H2,1-3H3,(H,24,28)(H,23,25,26). The Hall–Kier alpha value is -3.41. The molecule has 144 valence electrons. The van der Waals surface area contributed by atoms with E-state index >= 15 is 0 Å². The lowest BCUT2D eigenvalue weighted by Gasteiger charge is -2.22. The number of rotatable bonds is 7. The zero-order chi connectivity index (χ0) is 19.9. The Morgan fingerprint density at radius 1 is 1.00 bits per heavy atom. The van der Waals surface area contributed by atoms with E-state index in [0.29, 0.717) is 5.95 Å². The molecule has 0 spiro atoms. The number of hydrogen-bond acceptors (Lipinski definition) is 5. The maximum atomic E-state index is 11.1. The van der Waals surface area contributed by atoms with Crippen molar-refractivity contribution in [3.8, 4) is 0 Å². The molecule has 0 atom stereocenters. The van der Waals surface area contributed by atoms with E-state index in [1.54, 1.807) is 0 Å². The average Bonchev–Trinajstić information content (AvgIpc) is 2.67. The van der Waals surface area contributed by atoms with E-state index in [4.69, 9.17) is 4.98 Å². The van der Waals surface area contributed by atoms with Crippen molar-refractivity contribution >= 4 is 29.0 Å². The third kappa shape index (κ3) is 5.30. The second-order valence-corrected chi connectivity index (χ2v) is 6.58. The minimum atomic E-state index is -0.0881. The number of amides is 1. The van der Waals surface area contributed by atoms with Crippen molar-refractivity contribution in [3.05, 3.63) is 71.9 Å². The Kier molecular flexibility index (Phi) is 6.22. The first-order valence-corrected chi connectivity index (χ1v) is 9.32. The summed E-state index contributed by atoms with van der Waals surface area (Å²) in [6.45, 7) is 7.12. The molecule has 0 aliphatic rings. The van der Waals surface area contributed by atoms with Crippen LogP contribution in [0.4, 0.5) is 23.1 Å². The van der Waals surface area contributed by atoms with Crippen LogP contribution < -0.4 is 15.5 Å². The van der Waals surface area contributed by atoms with E-state index in [2.05, 4.69) is 39.6 Å². The molecule has 0 aliphatic heterocycles. The van der Waals surface area contributed by atoms with Crippen molar-refractivity contribution in [2.24, 2.45) is 0 Å². The molecule has 0 fully saturated rings. The van der Waals surface area contributed by atoms with Crippen LogP contribution in [0, 0.1) is 6.92 Å². The minimum absolute atomic E-state index is 0.0881. The molecule has 3 aromatic rings. The smallest absolute Gasteiger partial charge is 0.227 e. The Bertz CT molecular complexity index is 925. The second kappa shape index (κ2) is 8.99. The topological polar surface area (TPSA) is 70.2 Å². The number of hydrogen-bond donors (Lipinski definition) is 2. The molecule has 2 aromatic carbocycles.